The summed E-state index contributed by atoms with van der Waals surface area (Å²) < 4.78 is 15.5. The summed E-state index contributed by atoms with van der Waals surface area (Å²) in [4.78, 5) is 8.26. The van der Waals surface area contributed by atoms with Crippen molar-refractivity contribution in [1.82, 2.24) is 20.3 Å². The molecule has 0 aliphatic carbocycles. The van der Waals surface area contributed by atoms with Gasteiger partial charge in [-0.1, -0.05) is 10.3 Å². The van der Waals surface area contributed by atoms with Crippen molar-refractivity contribution >= 4 is 0 Å². The van der Waals surface area contributed by atoms with E-state index in [1.807, 2.05) is 31.2 Å². The lowest BCUT2D eigenvalue weighted by Gasteiger charge is -2.02. The zero-order valence-electron chi connectivity index (χ0n) is 11.0. The summed E-state index contributed by atoms with van der Waals surface area (Å²) in [6.45, 7) is 4.28. The third-order valence-electron chi connectivity index (χ3n) is 2.56. The molecule has 0 bridgehead atoms. The molecule has 0 saturated heterocycles. The number of rotatable bonds is 4. The summed E-state index contributed by atoms with van der Waals surface area (Å²) in [7, 11) is 0. The molecule has 7 heteroatoms. The zero-order chi connectivity index (χ0) is 13.9. The van der Waals surface area contributed by atoms with Crippen molar-refractivity contribution < 1.29 is 13.8 Å². The van der Waals surface area contributed by atoms with Gasteiger partial charge in [0, 0.05) is 5.56 Å². The Morgan fingerprint density at radius 3 is 2.35 bits per heavy atom. The van der Waals surface area contributed by atoms with E-state index < -0.39 is 0 Å². The van der Waals surface area contributed by atoms with E-state index in [2.05, 4.69) is 20.3 Å². The number of hydrogen-bond acceptors (Lipinski definition) is 7. The van der Waals surface area contributed by atoms with E-state index >= 15 is 0 Å². The van der Waals surface area contributed by atoms with Crippen LogP contribution in [0.3, 0.4) is 0 Å². The van der Waals surface area contributed by atoms with Crippen molar-refractivity contribution in [2.75, 3.05) is 6.61 Å². The largest absolute Gasteiger partial charge is 0.494 e. The number of benzene rings is 1. The molecule has 7 nitrogen and oxygen atoms in total. The molecule has 2 heterocycles. The van der Waals surface area contributed by atoms with Crippen LogP contribution in [0.5, 0.6) is 5.75 Å². The summed E-state index contributed by atoms with van der Waals surface area (Å²) in [6.07, 6.45) is 0. The van der Waals surface area contributed by atoms with Gasteiger partial charge in [-0.05, 0) is 38.1 Å². The highest BCUT2D eigenvalue weighted by Gasteiger charge is 2.16. The van der Waals surface area contributed by atoms with Crippen LogP contribution in [0.4, 0.5) is 0 Å². The second kappa shape index (κ2) is 5.12. The van der Waals surface area contributed by atoms with Crippen molar-refractivity contribution in [3.05, 3.63) is 30.1 Å². The van der Waals surface area contributed by atoms with E-state index in [-0.39, 0.29) is 11.8 Å². The predicted molar refractivity (Wildman–Crippen MR) is 68.9 cm³/mol. The molecular weight excluding hydrogens is 260 g/mol. The lowest BCUT2D eigenvalue weighted by molar-refractivity contribution is 0.340. The van der Waals surface area contributed by atoms with E-state index in [9.17, 15) is 0 Å². The molecule has 0 unspecified atom stereocenters. The average Bonchev–Trinajstić information content (AvgIpc) is 3.09. The summed E-state index contributed by atoms with van der Waals surface area (Å²) in [6, 6.07) is 7.43. The molecule has 0 atom stereocenters. The van der Waals surface area contributed by atoms with Crippen molar-refractivity contribution in [3.63, 3.8) is 0 Å². The maximum Gasteiger partial charge on any atom is 0.316 e. The minimum atomic E-state index is 0.203. The normalized spacial score (nSPS) is 10.7. The lowest BCUT2D eigenvalue weighted by Crippen LogP contribution is -1.90. The Bertz CT molecular complexity index is 702. The fourth-order valence-electron chi connectivity index (χ4n) is 1.68. The molecule has 0 aliphatic rings. The van der Waals surface area contributed by atoms with Gasteiger partial charge in [-0.3, -0.25) is 0 Å². The highest BCUT2D eigenvalue weighted by atomic mass is 16.5. The Kier molecular flexibility index (Phi) is 3.16. The van der Waals surface area contributed by atoms with Crippen molar-refractivity contribution in [3.8, 4) is 28.9 Å². The van der Waals surface area contributed by atoms with Crippen LogP contribution in [-0.4, -0.2) is 26.9 Å². The Hall–Kier alpha value is -2.70. The first-order chi connectivity index (χ1) is 9.76. The van der Waals surface area contributed by atoms with Crippen LogP contribution in [0.25, 0.3) is 23.2 Å². The third kappa shape index (κ3) is 2.37. The topological polar surface area (TPSA) is 87.1 Å². The van der Waals surface area contributed by atoms with Crippen molar-refractivity contribution in [1.29, 1.82) is 0 Å². The Morgan fingerprint density at radius 2 is 1.70 bits per heavy atom. The molecule has 0 saturated carbocycles. The van der Waals surface area contributed by atoms with E-state index in [1.54, 1.807) is 6.92 Å². The lowest BCUT2D eigenvalue weighted by atomic mass is 10.2. The summed E-state index contributed by atoms with van der Waals surface area (Å²) in [5.74, 6) is 2.19. The van der Waals surface area contributed by atoms with Crippen LogP contribution < -0.4 is 4.74 Å². The van der Waals surface area contributed by atoms with Gasteiger partial charge in [0.25, 0.3) is 0 Å². The molecule has 102 valence electrons. The molecule has 0 amide bonds. The van der Waals surface area contributed by atoms with Crippen LogP contribution in [0.2, 0.25) is 0 Å². The fraction of sp³-hybridized carbons (Fsp3) is 0.231. The van der Waals surface area contributed by atoms with Gasteiger partial charge in [-0.15, -0.1) is 0 Å². The molecule has 2 aromatic heterocycles. The standard InChI is InChI=1S/C13H12N4O3/c1-3-18-10-6-4-9(5-7-10)11-15-13(20-17-11)12-14-8(2)16-19-12/h4-7H,3H2,1-2H3. The number of hydrogen-bond donors (Lipinski definition) is 0. The maximum absolute atomic E-state index is 5.38. The van der Waals surface area contributed by atoms with Crippen LogP contribution in [0.1, 0.15) is 12.7 Å². The Morgan fingerprint density at radius 1 is 1.00 bits per heavy atom. The van der Waals surface area contributed by atoms with E-state index in [1.165, 1.54) is 0 Å². The smallest absolute Gasteiger partial charge is 0.316 e. The van der Waals surface area contributed by atoms with Crippen LogP contribution in [-0.2, 0) is 0 Å². The molecule has 3 rings (SSSR count). The highest BCUT2D eigenvalue weighted by molar-refractivity contribution is 5.57. The molecule has 0 radical (unpaired) electrons. The summed E-state index contributed by atoms with van der Waals surface area (Å²) in [5.41, 5.74) is 0.819. The van der Waals surface area contributed by atoms with Crippen LogP contribution in [0, 0.1) is 6.92 Å². The number of aryl methyl sites for hydroxylation is 1. The number of ether oxygens (including phenoxy) is 1. The monoisotopic (exact) mass is 272 g/mol. The van der Waals surface area contributed by atoms with E-state index in [4.69, 9.17) is 13.8 Å². The minimum Gasteiger partial charge on any atom is -0.494 e. The van der Waals surface area contributed by atoms with Crippen LogP contribution >= 0.6 is 0 Å². The Balaban J connectivity index is 1.86. The Labute approximate surface area is 114 Å². The molecule has 0 aliphatic heterocycles. The fourth-order valence-corrected chi connectivity index (χ4v) is 1.68. The van der Waals surface area contributed by atoms with Crippen molar-refractivity contribution in [2.24, 2.45) is 0 Å². The SMILES string of the molecule is CCOc1ccc(-c2noc(-c3nc(C)no3)n2)cc1. The molecule has 0 N–H and O–H groups in total. The third-order valence-corrected chi connectivity index (χ3v) is 2.56. The van der Waals surface area contributed by atoms with Gasteiger partial charge in [-0.2, -0.15) is 9.97 Å². The second-order valence-corrected chi connectivity index (χ2v) is 4.03. The zero-order valence-corrected chi connectivity index (χ0v) is 11.0. The molecule has 0 fully saturated rings. The predicted octanol–water partition coefficient (Wildman–Crippen LogP) is 2.49. The van der Waals surface area contributed by atoms with Gasteiger partial charge < -0.3 is 13.8 Å². The van der Waals surface area contributed by atoms with Gasteiger partial charge in [0.15, 0.2) is 5.82 Å². The first kappa shape index (κ1) is 12.3. The van der Waals surface area contributed by atoms with Gasteiger partial charge in [-0.25, -0.2) is 0 Å². The first-order valence-corrected chi connectivity index (χ1v) is 6.14. The minimum absolute atomic E-state index is 0.203. The molecule has 3 aromatic rings. The highest BCUT2D eigenvalue weighted by Crippen LogP contribution is 2.23. The molecule has 20 heavy (non-hydrogen) atoms. The second-order valence-electron chi connectivity index (χ2n) is 4.03. The number of nitrogens with zero attached hydrogens (tertiary/aromatic N) is 4. The molecular formula is C13H12N4O3. The van der Waals surface area contributed by atoms with Crippen molar-refractivity contribution in [2.45, 2.75) is 13.8 Å². The first-order valence-electron chi connectivity index (χ1n) is 6.14. The van der Waals surface area contributed by atoms with E-state index in [0.29, 0.717) is 18.3 Å². The number of aromatic nitrogens is 4. The van der Waals surface area contributed by atoms with Gasteiger partial charge in [0.1, 0.15) is 5.75 Å². The van der Waals surface area contributed by atoms with E-state index in [0.717, 1.165) is 11.3 Å². The summed E-state index contributed by atoms with van der Waals surface area (Å²) >= 11 is 0. The van der Waals surface area contributed by atoms with Gasteiger partial charge in [0.2, 0.25) is 5.82 Å². The van der Waals surface area contributed by atoms with Gasteiger partial charge >= 0.3 is 11.8 Å². The average molecular weight is 272 g/mol. The summed E-state index contributed by atoms with van der Waals surface area (Å²) in [5, 5.41) is 7.57. The van der Waals surface area contributed by atoms with Gasteiger partial charge in [0.05, 0.1) is 6.61 Å². The quantitative estimate of drug-likeness (QED) is 0.721. The molecule has 1 aromatic carbocycles. The molecule has 0 spiro atoms. The van der Waals surface area contributed by atoms with Crippen LogP contribution in [0.15, 0.2) is 33.3 Å². The maximum atomic E-state index is 5.38.